The highest BCUT2D eigenvalue weighted by Crippen LogP contribution is 2.38. The molecule has 0 N–H and O–H groups in total. The summed E-state index contributed by atoms with van der Waals surface area (Å²) in [6, 6.07) is 0. The number of carbonyl (C=O) groups excluding carboxylic acids is 1. The molecule has 0 radical (unpaired) electrons. The van der Waals surface area contributed by atoms with E-state index in [2.05, 4.69) is 6.08 Å². The minimum atomic E-state index is 0.263. The lowest BCUT2D eigenvalue weighted by Gasteiger charge is -2.18. The van der Waals surface area contributed by atoms with Gasteiger partial charge in [-0.1, -0.05) is 23.6 Å². The second-order valence-corrected chi connectivity index (χ2v) is 4.30. The summed E-state index contributed by atoms with van der Waals surface area (Å²) in [7, 11) is 0. The van der Waals surface area contributed by atoms with Crippen LogP contribution in [0, 0.1) is 5.92 Å². The zero-order chi connectivity index (χ0) is 9.42. The maximum atomic E-state index is 11.9. The molecule has 2 aliphatic rings. The van der Waals surface area contributed by atoms with Gasteiger partial charge in [0, 0.05) is 11.5 Å². The number of allylic oxidation sites excluding steroid dienone is 4. The van der Waals surface area contributed by atoms with Crippen LogP contribution in [0.5, 0.6) is 0 Å². The number of rotatable bonds is 0. The normalized spacial score (nSPS) is 27.2. The molecule has 0 unspecified atom stereocenters. The molecule has 13 heavy (non-hydrogen) atoms. The lowest BCUT2D eigenvalue weighted by molar-refractivity contribution is -0.117. The monoisotopic (exact) mass is 176 g/mol. The van der Waals surface area contributed by atoms with Crippen LogP contribution in [0.1, 0.15) is 39.5 Å². The summed E-state index contributed by atoms with van der Waals surface area (Å²) >= 11 is 0. The summed E-state index contributed by atoms with van der Waals surface area (Å²) in [5, 5.41) is 0. The predicted molar refractivity (Wildman–Crippen MR) is 53.4 cm³/mol. The molecule has 1 heteroatoms. The van der Waals surface area contributed by atoms with Crippen molar-refractivity contribution in [3.8, 4) is 0 Å². The molecule has 0 aromatic heterocycles. The third-order valence-corrected chi connectivity index (χ3v) is 3.11. The SMILES string of the molecule is CC(C)=C1C=C2CCCC[C@@H]2C1=O. The van der Waals surface area contributed by atoms with Gasteiger partial charge in [-0.2, -0.15) is 0 Å². The van der Waals surface area contributed by atoms with E-state index < -0.39 is 0 Å². The fraction of sp³-hybridized carbons (Fsp3) is 0.583. The zero-order valence-corrected chi connectivity index (χ0v) is 8.39. The zero-order valence-electron chi connectivity index (χ0n) is 8.39. The molecule has 2 aliphatic carbocycles. The van der Waals surface area contributed by atoms with E-state index in [1.165, 1.54) is 24.0 Å². The quantitative estimate of drug-likeness (QED) is 0.518. The molecule has 0 spiro atoms. The maximum absolute atomic E-state index is 11.9. The molecule has 70 valence electrons. The Bertz CT molecular complexity index is 303. The van der Waals surface area contributed by atoms with Crippen molar-refractivity contribution in [3.05, 3.63) is 22.8 Å². The first-order valence-electron chi connectivity index (χ1n) is 5.12. The smallest absolute Gasteiger partial charge is 0.169 e. The highest BCUT2D eigenvalue weighted by Gasteiger charge is 2.32. The molecule has 0 heterocycles. The Morgan fingerprint density at radius 3 is 2.77 bits per heavy atom. The van der Waals surface area contributed by atoms with E-state index in [9.17, 15) is 4.79 Å². The van der Waals surface area contributed by atoms with Crippen LogP contribution in [0.3, 0.4) is 0 Å². The van der Waals surface area contributed by atoms with Crippen LogP contribution >= 0.6 is 0 Å². The van der Waals surface area contributed by atoms with Gasteiger partial charge in [0.15, 0.2) is 5.78 Å². The molecule has 2 rings (SSSR count). The summed E-state index contributed by atoms with van der Waals surface area (Å²) in [6.45, 7) is 4.06. The highest BCUT2D eigenvalue weighted by atomic mass is 16.1. The van der Waals surface area contributed by atoms with Gasteiger partial charge in [-0.3, -0.25) is 4.79 Å². The predicted octanol–water partition coefficient (Wildman–Crippen LogP) is 3.02. The second-order valence-electron chi connectivity index (χ2n) is 4.30. The van der Waals surface area contributed by atoms with E-state index in [1.807, 2.05) is 13.8 Å². The third kappa shape index (κ3) is 1.37. The lowest BCUT2D eigenvalue weighted by Crippen LogP contribution is -2.15. The first kappa shape index (κ1) is 8.74. The maximum Gasteiger partial charge on any atom is 0.169 e. The Hall–Kier alpha value is -0.850. The molecule has 0 bridgehead atoms. The van der Waals surface area contributed by atoms with Crippen molar-refractivity contribution in [2.75, 3.05) is 0 Å². The largest absolute Gasteiger partial charge is 0.294 e. The molecular formula is C12H16O. The van der Waals surface area contributed by atoms with Crippen molar-refractivity contribution in [2.45, 2.75) is 39.5 Å². The number of hydrogen-bond acceptors (Lipinski definition) is 1. The molecule has 0 aliphatic heterocycles. The van der Waals surface area contributed by atoms with Crippen molar-refractivity contribution in [2.24, 2.45) is 5.92 Å². The first-order chi connectivity index (χ1) is 6.20. The van der Waals surface area contributed by atoms with Crippen molar-refractivity contribution >= 4 is 5.78 Å². The molecule has 1 nitrogen and oxygen atoms in total. The van der Waals surface area contributed by atoms with Gasteiger partial charge < -0.3 is 0 Å². The van der Waals surface area contributed by atoms with Crippen LogP contribution in [0.15, 0.2) is 22.8 Å². The Labute approximate surface area is 79.5 Å². The summed E-state index contributed by atoms with van der Waals surface area (Å²) in [6.07, 6.45) is 6.87. The fourth-order valence-electron chi connectivity index (χ4n) is 2.34. The third-order valence-electron chi connectivity index (χ3n) is 3.11. The van der Waals surface area contributed by atoms with Gasteiger partial charge in [0.1, 0.15) is 0 Å². The Morgan fingerprint density at radius 1 is 1.38 bits per heavy atom. The van der Waals surface area contributed by atoms with Crippen molar-refractivity contribution in [3.63, 3.8) is 0 Å². The molecule has 0 aromatic rings. The standard InChI is InChI=1S/C12H16O/c1-8(2)11-7-9-5-3-4-6-10(9)12(11)13/h7,10H,3-6H2,1-2H3/t10-/m0/s1. The van der Waals surface area contributed by atoms with Crippen molar-refractivity contribution in [1.29, 1.82) is 0 Å². The Morgan fingerprint density at radius 2 is 2.15 bits per heavy atom. The van der Waals surface area contributed by atoms with Crippen LogP contribution in [-0.2, 0) is 4.79 Å². The van der Waals surface area contributed by atoms with Gasteiger partial charge in [-0.25, -0.2) is 0 Å². The molecule has 0 saturated heterocycles. The topological polar surface area (TPSA) is 17.1 Å². The number of fused-ring (bicyclic) bond motifs is 1. The van der Waals surface area contributed by atoms with Gasteiger partial charge in [-0.15, -0.1) is 0 Å². The number of Topliss-reactive ketones (excluding diaryl/α,β-unsaturated/α-hetero) is 1. The van der Waals surface area contributed by atoms with Gasteiger partial charge in [-0.05, 0) is 33.1 Å². The van der Waals surface area contributed by atoms with Gasteiger partial charge >= 0.3 is 0 Å². The van der Waals surface area contributed by atoms with Crippen LogP contribution in [0.25, 0.3) is 0 Å². The van der Waals surface area contributed by atoms with E-state index >= 15 is 0 Å². The van der Waals surface area contributed by atoms with Crippen LogP contribution in [0.2, 0.25) is 0 Å². The van der Waals surface area contributed by atoms with E-state index in [1.54, 1.807) is 0 Å². The number of hydrogen-bond donors (Lipinski definition) is 0. The van der Waals surface area contributed by atoms with E-state index in [0.29, 0.717) is 5.78 Å². The Balaban J connectivity index is 2.35. The van der Waals surface area contributed by atoms with Crippen LogP contribution < -0.4 is 0 Å². The van der Waals surface area contributed by atoms with E-state index in [-0.39, 0.29) is 5.92 Å². The summed E-state index contributed by atoms with van der Waals surface area (Å²) in [4.78, 5) is 11.9. The average Bonchev–Trinajstić information content (AvgIpc) is 2.45. The lowest BCUT2D eigenvalue weighted by atomic mass is 9.85. The minimum Gasteiger partial charge on any atom is -0.294 e. The highest BCUT2D eigenvalue weighted by molar-refractivity contribution is 6.05. The fourth-order valence-corrected chi connectivity index (χ4v) is 2.34. The summed E-state index contributed by atoms with van der Waals surface area (Å²) in [5.41, 5.74) is 3.56. The van der Waals surface area contributed by atoms with E-state index in [0.717, 1.165) is 18.4 Å². The van der Waals surface area contributed by atoms with Crippen molar-refractivity contribution < 1.29 is 4.79 Å². The van der Waals surface area contributed by atoms with Gasteiger partial charge in [0.25, 0.3) is 0 Å². The minimum absolute atomic E-state index is 0.263. The Kier molecular flexibility index (Phi) is 2.10. The van der Waals surface area contributed by atoms with Gasteiger partial charge in [0.2, 0.25) is 0 Å². The van der Waals surface area contributed by atoms with Crippen molar-refractivity contribution in [1.82, 2.24) is 0 Å². The van der Waals surface area contributed by atoms with Crippen LogP contribution in [0.4, 0.5) is 0 Å². The first-order valence-corrected chi connectivity index (χ1v) is 5.12. The second kappa shape index (κ2) is 3.13. The molecule has 1 saturated carbocycles. The molecular weight excluding hydrogens is 160 g/mol. The average molecular weight is 176 g/mol. The number of ketones is 1. The molecule has 0 aromatic carbocycles. The van der Waals surface area contributed by atoms with Gasteiger partial charge in [0.05, 0.1) is 0 Å². The van der Waals surface area contributed by atoms with E-state index in [4.69, 9.17) is 0 Å². The molecule has 1 atom stereocenters. The molecule has 0 amide bonds. The summed E-state index contributed by atoms with van der Waals surface area (Å²) in [5.74, 6) is 0.647. The number of carbonyl (C=O) groups is 1. The summed E-state index contributed by atoms with van der Waals surface area (Å²) < 4.78 is 0. The molecule has 1 fully saturated rings. The van der Waals surface area contributed by atoms with Crippen LogP contribution in [-0.4, -0.2) is 5.78 Å².